The topological polar surface area (TPSA) is 366 Å². The highest BCUT2D eigenvalue weighted by Gasteiger charge is 2.62. The molecule has 5 rings (SSSR count). The molecule has 0 spiro atoms. The molecular formula is C31H54O23. The predicted molar refractivity (Wildman–Crippen MR) is 167 cm³/mol. The van der Waals surface area contributed by atoms with Crippen molar-refractivity contribution in [1.29, 1.82) is 0 Å². The van der Waals surface area contributed by atoms with Crippen molar-refractivity contribution >= 4 is 0 Å². The Labute approximate surface area is 308 Å². The summed E-state index contributed by atoms with van der Waals surface area (Å²) in [7, 11) is 0. The van der Waals surface area contributed by atoms with Crippen molar-refractivity contribution < 1.29 is 114 Å². The van der Waals surface area contributed by atoms with Crippen LogP contribution in [0.5, 0.6) is 0 Å². The quantitative estimate of drug-likeness (QED) is 0.0690. The van der Waals surface area contributed by atoms with Gasteiger partial charge in [-0.05, 0) is 0 Å². The minimum Gasteiger partial charge on any atom is -0.394 e. The van der Waals surface area contributed by atoms with Gasteiger partial charge in [0.25, 0.3) is 0 Å². The molecule has 5 saturated heterocycles. The molecule has 23 heteroatoms. The van der Waals surface area contributed by atoms with Crippen LogP contribution in [-0.2, 0) is 42.6 Å². The van der Waals surface area contributed by atoms with Gasteiger partial charge in [0, 0.05) is 11.8 Å². The molecule has 0 saturated carbocycles. The van der Waals surface area contributed by atoms with E-state index in [1.807, 2.05) is 0 Å². The normalized spacial score (nSPS) is 52.4. The van der Waals surface area contributed by atoms with E-state index in [2.05, 4.69) is 0 Å². The van der Waals surface area contributed by atoms with Crippen LogP contribution in [0.2, 0.25) is 0 Å². The van der Waals surface area contributed by atoms with Crippen LogP contribution in [0.25, 0.3) is 0 Å². The van der Waals surface area contributed by atoms with Crippen molar-refractivity contribution in [2.75, 3.05) is 59.5 Å². The molecule has 0 aliphatic carbocycles. The Morgan fingerprint density at radius 2 is 0.870 bits per heavy atom. The van der Waals surface area contributed by atoms with Gasteiger partial charge < -0.3 is 114 Å². The van der Waals surface area contributed by atoms with Gasteiger partial charge in [0.15, 0.2) is 17.9 Å². The second-order valence-corrected chi connectivity index (χ2v) is 14.4. The third kappa shape index (κ3) is 7.69. The molecule has 10 unspecified atom stereocenters. The number of hydrogen-bond acceptors (Lipinski definition) is 23. The van der Waals surface area contributed by atoms with Crippen LogP contribution < -0.4 is 0 Å². The van der Waals surface area contributed by atoms with Crippen LogP contribution in [0.4, 0.5) is 0 Å². The monoisotopic (exact) mass is 794 g/mol. The zero-order valence-corrected chi connectivity index (χ0v) is 29.5. The highest BCUT2D eigenvalue weighted by atomic mass is 16.8. The molecule has 5 heterocycles. The highest BCUT2D eigenvalue weighted by Crippen LogP contribution is 2.43. The van der Waals surface area contributed by atoms with Crippen molar-refractivity contribution in [2.24, 2.45) is 11.8 Å². The molecule has 0 amide bonds. The van der Waals surface area contributed by atoms with Gasteiger partial charge in [0.1, 0.15) is 80.4 Å². The summed E-state index contributed by atoms with van der Waals surface area (Å²) in [6.07, 6.45) is -22.1. The molecule has 0 radical (unpaired) electrons. The SMILES string of the molecule is CC1C(O)[C@@H](CO)O[C@@]1(CO)OC[C@H]1O[C@@](CO)(OC[C@H]2O[C@@](CO)(OC[C@H]3O[C@@](CO)(O[C@H]4OC[C@@H](O)C(O)C4O)C(O)C3O)C(C)C2O)C(O)C1O. The van der Waals surface area contributed by atoms with Crippen LogP contribution in [-0.4, -0.2) is 240 Å². The second-order valence-electron chi connectivity index (χ2n) is 14.4. The molecule has 0 aromatic carbocycles. The van der Waals surface area contributed by atoms with Crippen molar-refractivity contribution in [3.05, 3.63) is 0 Å². The van der Waals surface area contributed by atoms with Crippen molar-refractivity contribution in [3.63, 3.8) is 0 Å². The van der Waals surface area contributed by atoms with Crippen LogP contribution >= 0.6 is 0 Å². The van der Waals surface area contributed by atoms with E-state index in [-0.39, 0.29) is 0 Å². The van der Waals surface area contributed by atoms with Gasteiger partial charge in [0.05, 0.1) is 58.5 Å². The average molecular weight is 795 g/mol. The largest absolute Gasteiger partial charge is 0.394 e. The van der Waals surface area contributed by atoms with Gasteiger partial charge in [-0.1, -0.05) is 13.8 Å². The molecule has 5 fully saturated rings. The molecule has 0 aromatic heterocycles. The maximum atomic E-state index is 11.1. The van der Waals surface area contributed by atoms with E-state index in [1.165, 1.54) is 13.8 Å². The third-order valence-electron chi connectivity index (χ3n) is 11.2. The minimum atomic E-state index is -2.41. The van der Waals surface area contributed by atoms with E-state index in [9.17, 15) is 71.5 Å². The predicted octanol–water partition coefficient (Wildman–Crippen LogP) is -8.73. The average Bonchev–Trinajstić information content (AvgIpc) is 3.77. The zero-order valence-electron chi connectivity index (χ0n) is 29.5. The van der Waals surface area contributed by atoms with Crippen LogP contribution in [0.3, 0.4) is 0 Å². The van der Waals surface area contributed by atoms with E-state index in [4.69, 9.17) is 42.6 Å². The zero-order chi connectivity index (χ0) is 40.0. The maximum Gasteiger partial charge on any atom is 0.224 e. The van der Waals surface area contributed by atoms with E-state index in [0.29, 0.717) is 0 Å². The van der Waals surface area contributed by atoms with E-state index >= 15 is 0 Å². The van der Waals surface area contributed by atoms with E-state index in [1.54, 1.807) is 0 Å². The second kappa shape index (κ2) is 17.1. The Kier molecular flexibility index (Phi) is 14.0. The summed E-state index contributed by atoms with van der Waals surface area (Å²) in [5.41, 5.74) is 0. The molecule has 316 valence electrons. The smallest absolute Gasteiger partial charge is 0.224 e. The lowest BCUT2D eigenvalue weighted by atomic mass is 9.95. The fourth-order valence-corrected chi connectivity index (χ4v) is 7.39. The summed E-state index contributed by atoms with van der Waals surface area (Å²) >= 11 is 0. The lowest BCUT2D eigenvalue weighted by Gasteiger charge is -2.40. The summed E-state index contributed by atoms with van der Waals surface area (Å²) in [5, 5.41) is 145. The van der Waals surface area contributed by atoms with Gasteiger partial charge in [0.2, 0.25) is 11.6 Å². The number of aliphatic hydroxyl groups is 14. The summed E-state index contributed by atoms with van der Waals surface area (Å²) in [6, 6.07) is 0. The van der Waals surface area contributed by atoms with Crippen LogP contribution in [0.15, 0.2) is 0 Å². The standard InChI is InChI=1S/C31H54O23/c1-12-19(38)15(3-32)50-28(12,8-33)47-6-17-22(41)25(44)30(10-35,52-17)49-5-16-20(39)13(2)29(9-34,51-16)48-7-18-23(42)26(45)31(11-36,53-18)54-27-24(43)21(40)14(37)4-46-27/h12-27,32-45H,3-11H2,1-2H3/t12?,13?,14-,15-,16-,17-,18-,19?,20?,21?,22?,23?,24?,25?,26?,27-,28-,29-,30-,31+/m1/s1. The van der Waals surface area contributed by atoms with E-state index in [0.717, 1.165) is 0 Å². The van der Waals surface area contributed by atoms with Gasteiger partial charge in [-0.2, -0.15) is 0 Å². The summed E-state index contributed by atoms with van der Waals surface area (Å²) < 4.78 is 50.6. The molecule has 0 aromatic rings. The van der Waals surface area contributed by atoms with E-state index < -0.39 is 180 Å². The molecular weight excluding hydrogens is 740 g/mol. The summed E-state index contributed by atoms with van der Waals surface area (Å²) in [4.78, 5) is 0. The van der Waals surface area contributed by atoms with Gasteiger partial charge in [-0.25, -0.2) is 0 Å². The van der Waals surface area contributed by atoms with Gasteiger partial charge >= 0.3 is 0 Å². The summed E-state index contributed by atoms with van der Waals surface area (Å²) in [6.45, 7) is -3.71. The number of ether oxygens (including phenoxy) is 9. The fraction of sp³-hybridized carbons (Fsp3) is 1.00. The number of rotatable bonds is 16. The Morgan fingerprint density at radius 1 is 0.481 bits per heavy atom. The van der Waals surface area contributed by atoms with Crippen LogP contribution in [0.1, 0.15) is 13.8 Å². The molecule has 5 aliphatic heterocycles. The molecule has 5 aliphatic rings. The first-order valence-electron chi connectivity index (χ1n) is 17.5. The Morgan fingerprint density at radius 3 is 1.33 bits per heavy atom. The highest BCUT2D eigenvalue weighted by molar-refractivity contribution is 5.02. The molecule has 23 nitrogen and oxygen atoms in total. The number of aliphatic hydroxyl groups excluding tert-OH is 14. The molecule has 54 heavy (non-hydrogen) atoms. The maximum absolute atomic E-state index is 11.1. The Hall–Kier alpha value is -0.920. The molecule has 14 N–H and O–H groups in total. The molecule has 20 atom stereocenters. The number of hydrogen-bond donors (Lipinski definition) is 14. The fourth-order valence-electron chi connectivity index (χ4n) is 7.39. The first-order chi connectivity index (χ1) is 25.4. The minimum absolute atomic E-state index is 0.477. The first kappa shape index (κ1) is 44.2. The van der Waals surface area contributed by atoms with Crippen molar-refractivity contribution in [3.8, 4) is 0 Å². The molecule has 0 bridgehead atoms. The third-order valence-corrected chi connectivity index (χ3v) is 11.2. The van der Waals surface area contributed by atoms with Gasteiger partial charge in [-0.15, -0.1) is 0 Å². The van der Waals surface area contributed by atoms with Crippen LogP contribution in [0, 0.1) is 11.8 Å². The first-order valence-corrected chi connectivity index (χ1v) is 17.5. The Bertz CT molecular complexity index is 1220. The lowest BCUT2D eigenvalue weighted by molar-refractivity contribution is -0.373. The van der Waals surface area contributed by atoms with Crippen molar-refractivity contribution in [1.82, 2.24) is 0 Å². The lowest BCUT2D eigenvalue weighted by Crippen LogP contribution is -2.59. The van der Waals surface area contributed by atoms with Crippen molar-refractivity contribution in [2.45, 2.75) is 123 Å². The Balaban J connectivity index is 1.20. The van der Waals surface area contributed by atoms with Gasteiger partial charge in [-0.3, -0.25) is 0 Å². The summed E-state index contributed by atoms with van der Waals surface area (Å²) in [5.74, 6) is -10.4.